The maximum absolute atomic E-state index is 5.50. The second-order valence-electron chi connectivity index (χ2n) is 4.29. The van der Waals surface area contributed by atoms with Crippen molar-refractivity contribution in [3.05, 3.63) is 0 Å². The zero-order chi connectivity index (χ0) is 13.3. The topological polar surface area (TPSA) is 27.7 Å². The van der Waals surface area contributed by atoms with E-state index in [1.165, 1.54) is 38.5 Å². The van der Waals surface area contributed by atoms with E-state index in [-0.39, 0.29) is 0 Å². The molecule has 0 saturated carbocycles. The molecule has 0 aliphatic heterocycles. The minimum atomic E-state index is 0.678. The molecule has 4 heteroatoms. The summed E-state index contributed by atoms with van der Waals surface area (Å²) in [5, 5.41) is 0. The molecule has 0 heterocycles. The van der Waals surface area contributed by atoms with Crippen molar-refractivity contribution in [1.29, 1.82) is 0 Å². The highest BCUT2D eigenvalue weighted by Crippen LogP contribution is 2.04. The van der Waals surface area contributed by atoms with Crippen molar-refractivity contribution in [1.82, 2.24) is 0 Å². The van der Waals surface area contributed by atoms with E-state index in [4.69, 9.17) is 14.2 Å². The molecule has 0 bridgehead atoms. The predicted octanol–water partition coefficient (Wildman–Crippen LogP) is 3.83. The molecule has 0 atom stereocenters. The minimum Gasteiger partial charge on any atom is -0.379 e. The van der Waals surface area contributed by atoms with Crippen LogP contribution in [0.3, 0.4) is 0 Å². The van der Waals surface area contributed by atoms with Gasteiger partial charge in [-0.3, -0.25) is 0 Å². The summed E-state index contributed by atoms with van der Waals surface area (Å²) in [5.74, 6) is 0. The van der Waals surface area contributed by atoms with Crippen LogP contribution < -0.4 is 0 Å². The Balaban J connectivity index is 2.86. The van der Waals surface area contributed by atoms with Crippen molar-refractivity contribution in [3.8, 4) is 0 Å². The number of rotatable bonds is 15. The number of ether oxygens (including phenoxy) is 3. The Morgan fingerprint density at radius 2 is 1.11 bits per heavy atom. The molecule has 0 rings (SSSR count). The quantitative estimate of drug-likeness (QED) is 0.248. The summed E-state index contributed by atoms with van der Waals surface area (Å²) >= 11 is 2.30. The molecule has 0 aliphatic rings. The highest BCUT2D eigenvalue weighted by Gasteiger charge is 1.92. The van der Waals surface area contributed by atoms with E-state index >= 15 is 0 Å². The van der Waals surface area contributed by atoms with Crippen LogP contribution in [0.5, 0.6) is 0 Å². The first-order chi connectivity index (χ1) is 8.91. The van der Waals surface area contributed by atoms with Gasteiger partial charge in [-0.05, 0) is 6.42 Å². The molecular weight excluding hydrogens is 343 g/mol. The van der Waals surface area contributed by atoms with Gasteiger partial charge in [-0.2, -0.15) is 0 Å². The van der Waals surface area contributed by atoms with Gasteiger partial charge >= 0.3 is 0 Å². The van der Waals surface area contributed by atoms with Crippen molar-refractivity contribution >= 4 is 22.6 Å². The zero-order valence-corrected chi connectivity index (χ0v) is 14.0. The second-order valence-corrected chi connectivity index (χ2v) is 5.37. The first-order valence-corrected chi connectivity index (χ1v) is 8.73. The fourth-order valence-electron chi connectivity index (χ4n) is 1.58. The van der Waals surface area contributed by atoms with E-state index in [1.807, 2.05) is 0 Å². The summed E-state index contributed by atoms with van der Waals surface area (Å²) < 4.78 is 17.2. The van der Waals surface area contributed by atoms with Gasteiger partial charge in [-0.1, -0.05) is 61.6 Å². The molecule has 0 aliphatic carbocycles. The van der Waals surface area contributed by atoms with Crippen LogP contribution in [-0.2, 0) is 14.2 Å². The van der Waals surface area contributed by atoms with E-state index in [2.05, 4.69) is 29.5 Å². The molecule has 0 amide bonds. The Hall–Kier alpha value is 0.610. The summed E-state index contributed by atoms with van der Waals surface area (Å²) in [5.41, 5.74) is 0. The fraction of sp³-hybridized carbons (Fsp3) is 1.00. The Morgan fingerprint density at radius 1 is 0.611 bits per heavy atom. The van der Waals surface area contributed by atoms with Crippen molar-refractivity contribution in [2.24, 2.45) is 0 Å². The molecule has 0 saturated heterocycles. The lowest BCUT2D eigenvalue weighted by Gasteiger charge is -2.06. The molecular formula is C14H29IO3. The number of hydrogen-bond acceptors (Lipinski definition) is 3. The Kier molecular flexibility index (Phi) is 18.2. The van der Waals surface area contributed by atoms with E-state index < -0.39 is 0 Å². The summed E-state index contributed by atoms with van der Waals surface area (Å²) in [6, 6.07) is 0. The van der Waals surface area contributed by atoms with Crippen LogP contribution in [0.15, 0.2) is 0 Å². The molecule has 110 valence electrons. The summed E-state index contributed by atoms with van der Waals surface area (Å²) in [6.07, 6.45) is 7.88. The smallest absolute Gasteiger partial charge is 0.0701 e. The summed E-state index contributed by atoms with van der Waals surface area (Å²) in [6.45, 7) is 6.71. The molecule has 0 aromatic heterocycles. The van der Waals surface area contributed by atoms with Crippen LogP contribution in [0.4, 0.5) is 0 Å². The first kappa shape index (κ1) is 18.6. The normalized spacial score (nSPS) is 11.0. The molecule has 0 unspecified atom stereocenters. The molecule has 0 spiro atoms. The standard InChI is InChI=1S/C14H29IO3/c1-2-3-4-5-6-7-9-16-11-13-18-14-12-17-10-8-15/h2-14H2,1H3. The molecule has 0 N–H and O–H groups in total. The van der Waals surface area contributed by atoms with Gasteiger partial charge in [-0.15, -0.1) is 0 Å². The molecule has 0 fully saturated rings. The lowest BCUT2D eigenvalue weighted by Crippen LogP contribution is -2.10. The van der Waals surface area contributed by atoms with Crippen LogP contribution in [-0.4, -0.2) is 44.1 Å². The number of alkyl halides is 1. The average molecular weight is 372 g/mol. The van der Waals surface area contributed by atoms with Gasteiger partial charge < -0.3 is 14.2 Å². The van der Waals surface area contributed by atoms with Gasteiger partial charge in [0.2, 0.25) is 0 Å². The lowest BCUT2D eigenvalue weighted by atomic mass is 10.1. The maximum Gasteiger partial charge on any atom is 0.0701 e. The van der Waals surface area contributed by atoms with Gasteiger partial charge in [0.05, 0.1) is 33.0 Å². The average Bonchev–Trinajstić information content (AvgIpc) is 2.39. The molecule has 18 heavy (non-hydrogen) atoms. The lowest BCUT2D eigenvalue weighted by molar-refractivity contribution is 0.0169. The van der Waals surface area contributed by atoms with Crippen molar-refractivity contribution in [2.45, 2.75) is 45.4 Å². The highest BCUT2D eigenvalue weighted by molar-refractivity contribution is 14.1. The van der Waals surface area contributed by atoms with Crippen LogP contribution in [0, 0.1) is 0 Å². The number of unbranched alkanes of at least 4 members (excludes halogenated alkanes) is 5. The van der Waals surface area contributed by atoms with Gasteiger partial charge in [0.25, 0.3) is 0 Å². The zero-order valence-electron chi connectivity index (χ0n) is 11.8. The first-order valence-electron chi connectivity index (χ1n) is 7.21. The summed E-state index contributed by atoms with van der Waals surface area (Å²) in [7, 11) is 0. The number of halogens is 1. The van der Waals surface area contributed by atoms with Crippen LogP contribution >= 0.6 is 22.6 Å². The molecule has 3 nitrogen and oxygen atoms in total. The van der Waals surface area contributed by atoms with Gasteiger partial charge in [0.1, 0.15) is 0 Å². The Morgan fingerprint density at radius 3 is 1.72 bits per heavy atom. The van der Waals surface area contributed by atoms with Crippen LogP contribution in [0.1, 0.15) is 45.4 Å². The van der Waals surface area contributed by atoms with Crippen molar-refractivity contribution in [3.63, 3.8) is 0 Å². The van der Waals surface area contributed by atoms with Gasteiger partial charge in [0, 0.05) is 11.0 Å². The second kappa shape index (κ2) is 17.6. The summed E-state index contributed by atoms with van der Waals surface area (Å²) in [4.78, 5) is 0. The third-order valence-corrected chi connectivity index (χ3v) is 3.05. The molecule has 0 aromatic rings. The van der Waals surface area contributed by atoms with E-state index in [0.29, 0.717) is 26.4 Å². The monoisotopic (exact) mass is 372 g/mol. The minimum absolute atomic E-state index is 0.678. The SMILES string of the molecule is CCCCCCCCOCCOCCOCCI. The van der Waals surface area contributed by atoms with E-state index in [0.717, 1.165) is 17.6 Å². The maximum atomic E-state index is 5.50. The molecule has 0 aromatic carbocycles. The fourth-order valence-corrected chi connectivity index (χ4v) is 1.89. The van der Waals surface area contributed by atoms with Crippen LogP contribution in [0.2, 0.25) is 0 Å². The Bertz CT molecular complexity index is 129. The predicted molar refractivity (Wildman–Crippen MR) is 84.7 cm³/mol. The van der Waals surface area contributed by atoms with Crippen LogP contribution in [0.25, 0.3) is 0 Å². The third-order valence-electron chi connectivity index (χ3n) is 2.61. The van der Waals surface area contributed by atoms with Gasteiger partial charge in [0.15, 0.2) is 0 Å². The highest BCUT2D eigenvalue weighted by atomic mass is 127. The van der Waals surface area contributed by atoms with Crippen molar-refractivity contribution < 1.29 is 14.2 Å². The largest absolute Gasteiger partial charge is 0.379 e. The third kappa shape index (κ3) is 16.6. The van der Waals surface area contributed by atoms with Crippen molar-refractivity contribution in [2.75, 3.05) is 44.1 Å². The Labute approximate surface area is 126 Å². The van der Waals surface area contributed by atoms with E-state index in [9.17, 15) is 0 Å². The molecule has 0 radical (unpaired) electrons. The number of hydrogen-bond donors (Lipinski definition) is 0. The van der Waals surface area contributed by atoms with E-state index in [1.54, 1.807) is 0 Å². The van der Waals surface area contributed by atoms with Gasteiger partial charge in [-0.25, -0.2) is 0 Å².